The van der Waals surface area contributed by atoms with Crippen molar-refractivity contribution < 1.29 is 17.9 Å². The van der Waals surface area contributed by atoms with E-state index >= 15 is 0 Å². The summed E-state index contributed by atoms with van der Waals surface area (Å²) in [6, 6.07) is 3.54. The molecule has 0 aliphatic carbocycles. The van der Waals surface area contributed by atoms with Crippen LogP contribution in [0.2, 0.25) is 5.02 Å². The molecule has 0 fully saturated rings. The van der Waals surface area contributed by atoms with Crippen LogP contribution in [0.5, 0.6) is 5.75 Å². The maximum Gasteiger partial charge on any atom is 0.387 e. The number of rotatable bonds is 2. The van der Waals surface area contributed by atoms with Gasteiger partial charge in [-0.3, -0.25) is 0 Å². The SMILES string of the molecule is N#Cc1ccc(OC(F)F)c(Cl)c1F. The second-order valence-corrected chi connectivity index (χ2v) is 2.61. The van der Waals surface area contributed by atoms with Crippen LogP contribution in [0.3, 0.4) is 0 Å². The van der Waals surface area contributed by atoms with E-state index < -0.39 is 23.2 Å². The van der Waals surface area contributed by atoms with Gasteiger partial charge < -0.3 is 4.74 Å². The Kier molecular flexibility index (Phi) is 3.20. The third kappa shape index (κ3) is 2.09. The molecule has 0 aliphatic heterocycles. The Morgan fingerprint density at radius 2 is 2.07 bits per heavy atom. The smallest absolute Gasteiger partial charge is 0.387 e. The van der Waals surface area contributed by atoms with Crippen molar-refractivity contribution >= 4 is 11.6 Å². The highest BCUT2D eigenvalue weighted by molar-refractivity contribution is 6.32. The highest BCUT2D eigenvalue weighted by atomic mass is 35.5. The maximum absolute atomic E-state index is 13.0. The zero-order valence-corrected chi connectivity index (χ0v) is 7.36. The van der Waals surface area contributed by atoms with Gasteiger partial charge in [0.05, 0.1) is 5.56 Å². The standard InChI is InChI=1S/C8H3ClF3NO/c9-6-5(14-8(11)12)2-1-4(3-13)7(6)10/h1-2,8H. The van der Waals surface area contributed by atoms with Crippen molar-refractivity contribution in [3.8, 4) is 11.8 Å². The topological polar surface area (TPSA) is 33.0 Å². The van der Waals surface area contributed by atoms with Gasteiger partial charge in [-0.1, -0.05) is 11.6 Å². The molecule has 0 bridgehead atoms. The highest BCUT2D eigenvalue weighted by Crippen LogP contribution is 2.30. The lowest BCUT2D eigenvalue weighted by molar-refractivity contribution is -0.0499. The molecule has 0 saturated carbocycles. The van der Waals surface area contributed by atoms with Gasteiger partial charge in [0.15, 0.2) is 5.82 Å². The third-order valence-corrected chi connectivity index (χ3v) is 1.74. The number of nitrogens with zero attached hydrogens (tertiary/aromatic N) is 1. The van der Waals surface area contributed by atoms with Crippen LogP contribution in [0.15, 0.2) is 12.1 Å². The first-order valence-electron chi connectivity index (χ1n) is 3.39. The van der Waals surface area contributed by atoms with Crippen LogP contribution in [0, 0.1) is 17.1 Å². The minimum atomic E-state index is -3.08. The minimum Gasteiger partial charge on any atom is -0.433 e. The molecule has 0 spiro atoms. The summed E-state index contributed by atoms with van der Waals surface area (Å²) < 4.78 is 40.4. The van der Waals surface area contributed by atoms with Gasteiger partial charge in [-0.2, -0.15) is 14.0 Å². The average Bonchev–Trinajstić information content (AvgIpc) is 2.13. The summed E-state index contributed by atoms with van der Waals surface area (Å²) in [5.74, 6) is -1.55. The molecule has 6 heteroatoms. The molecule has 1 aromatic rings. The fourth-order valence-electron chi connectivity index (χ4n) is 0.805. The number of hydrogen-bond donors (Lipinski definition) is 0. The Hall–Kier alpha value is -1.41. The first-order chi connectivity index (χ1) is 6.56. The predicted molar refractivity (Wildman–Crippen MR) is 42.8 cm³/mol. The lowest BCUT2D eigenvalue weighted by atomic mass is 10.2. The summed E-state index contributed by atoms with van der Waals surface area (Å²) in [6.07, 6.45) is 0. The van der Waals surface area contributed by atoms with Gasteiger partial charge in [-0.15, -0.1) is 0 Å². The summed E-state index contributed by atoms with van der Waals surface area (Å²) in [5.41, 5.74) is -0.323. The second-order valence-electron chi connectivity index (χ2n) is 2.23. The highest BCUT2D eigenvalue weighted by Gasteiger charge is 2.15. The Morgan fingerprint density at radius 3 is 2.57 bits per heavy atom. The van der Waals surface area contributed by atoms with Crippen LogP contribution in [-0.4, -0.2) is 6.61 Å². The van der Waals surface area contributed by atoms with Crippen molar-refractivity contribution in [3.05, 3.63) is 28.5 Å². The van der Waals surface area contributed by atoms with E-state index in [1.165, 1.54) is 6.07 Å². The summed E-state index contributed by atoms with van der Waals surface area (Å²) in [6.45, 7) is -3.08. The van der Waals surface area contributed by atoms with Crippen LogP contribution in [0.25, 0.3) is 0 Å². The van der Waals surface area contributed by atoms with Crippen molar-refractivity contribution in [2.75, 3.05) is 0 Å². The fourth-order valence-corrected chi connectivity index (χ4v) is 1.01. The van der Waals surface area contributed by atoms with Crippen LogP contribution in [0.4, 0.5) is 13.2 Å². The molecule has 74 valence electrons. The summed E-state index contributed by atoms with van der Waals surface area (Å²) in [7, 11) is 0. The van der Waals surface area contributed by atoms with E-state index in [4.69, 9.17) is 16.9 Å². The second kappa shape index (κ2) is 4.20. The van der Waals surface area contributed by atoms with Gasteiger partial charge >= 0.3 is 6.61 Å². The molecule has 0 aliphatic rings. The van der Waals surface area contributed by atoms with Crippen molar-refractivity contribution in [1.82, 2.24) is 0 Å². The molecule has 0 N–H and O–H groups in total. The molecule has 0 atom stereocenters. The summed E-state index contributed by atoms with van der Waals surface area (Å²) in [5, 5.41) is 7.76. The lowest BCUT2D eigenvalue weighted by Gasteiger charge is -2.06. The molecule has 1 aromatic carbocycles. The molecule has 1 rings (SSSR count). The molecular weight excluding hydrogens is 219 g/mol. The monoisotopic (exact) mass is 221 g/mol. The largest absolute Gasteiger partial charge is 0.433 e. The van der Waals surface area contributed by atoms with Crippen molar-refractivity contribution in [1.29, 1.82) is 5.26 Å². The quantitative estimate of drug-likeness (QED) is 0.769. The number of hydrogen-bond acceptors (Lipinski definition) is 2. The molecular formula is C8H3ClF3NO. The summed E-state index contributed by atoms with van der Waals surface area (Å²) >= 11 is 5.34. The Morgan fingerprint density at radius 1 is 1.43 bits per heavy atom. The van der Waals surface area contributed by atoms with Crippen molar-refractivity contribution in [2.24, 2.45) is 0 Å². The first-order valence-corrected chi connectivity index (χ1v) is 3.77. The molecule has 0 aromatic heterocycles. The number of alkyl halides is 2. The van der Waals surface area contributed by atoms with E-state index in [9.17, 15) is 13.2 Å². The summed E-state index contributed by atoms with van der Waals surface area (Å²) in [4.78, 5) is 0. The van der Waals surface area contributed by atoms with Gasteiger partial charge in [-0.05, 0) is 12.1 Å². The normalized spacial score (nSPS) is 10.0. The minimum absolute atomic E-state index is 0.323. The van der Waals surface area contributed by atoms with E-state index in [1.54, 1.807) is 0 Å². The van der Waals surface area contributed by atoms with Crippen molar-refractivity contribution in [2.45, 2.75) is 6.61 Å². The molecule has 0 saturated heterocycles. The molecule has 0 radical (unpaired) electrons. The molecule has 14 heavy (non-hydrogen) atoms. The Bertz CT molecular complexity index is 389. The zero-order chi connectivity index (χ0) is 10.7. The third-order valence-electron chi connectivity index (χ3n) is 1.38. The van der Waals surface area contributed by atoms with Gasteiger partial charge in [0.1, 0.15) is 16.8 Å². The number of halogens is 4. The van der Waals surface area contributed by atoms with Crippen LogP contribution < -0.4 is 4.74 Å². The van der Waals surface area contributed by atoms with Crippen LogP contribution in [0.1, 0.15) is 5.56 Å². The van der Waals surface area contributed by atoms with Crippen LogP contribution >= 0.6 is 11.6 Å². The molecule has 0 unspecified atom stereocenters. The van der Waals surface area contributed by atoms with E-state index in [-0.39, 0.29) is 5.56 Å². The zero-order valence-electron chi connectivity index (χ0n) is 6.60. The Labute approximate surface area is 82.5 Å². The van der Waals surface area contributed by atoms with Gasteiger partial charge in [-0.25, -0.2) is 4.39 Å². The molecule has 0 heterocycles. The maximum atomic E-state index is 13.0. The molecule has 2 nitrogen and oxygen atoms in total. The first kappa shape index (κ1) is 10.7. The predicted octanol–water partition coefficient (Wildman–Crippen LogP) is 2.95. The van der Waals surface area contributed by atoms with Crippen LogP contribution in [-0.2, 0) is 0 Å². The van der Waals surface area contributed by atoms with Gasteiger partial charge in [0.2, 0.25) is 0 Å². The van der Waals surface area contributed by atoms with E-state index in [0.717, 1.165) is 12.1 Å². The van der Waals surface area contributed by atoms with E-state index in [1.807, 2.05) is 0 Å². The number of nitriles is 1. The lowest BCUT2D eigenvalue weighted by Crippen LogP contribution is -2.03. The average molecular weight is 222 g/mol. The Balaban J connectivity index is 3.12. The number of ether oxygens (including phenoxy) is 1. The number of benzene rings is 1. The van der Waals surface area contributed by atoms with Gasteiger partial charge in [0, 0.05) is 0 Å². The molecule has 0 amide bonds. The van der Waals surface area contributed by atoms with E-state index in [0.29, 0.717) is 0 Å². The van der Waals surface area contributed by atoms with E-state index in [2.05, 4.69) is 4.74 Å². The fraction of sp³-hybridized carbons (Fsp3) is 0.125. The van der Waals surface area contributed by atoms with Gasteiger partial charge in [0.25, 0.3) is 0 Å². The van der Waals surface area contributed by atoms with Crippen molar-refractivity contribution in [3.63, 3.8) is 0 Å².